The van der Waals surface area contributed by atoms with Gasteiger partial charge in [0.15, 0.2) is 0 Å². The predicted molar refractivity (Wildman–Crippen MR) is 151 cm³/mol. The highest BCUT2D eigenvalue weighted by Gasteiger charge is 2.36. The van der Waals surface area contributed by atoms with Crippen molar-refractivity contribution in [3.63, 3.8) is 0 Å². The number of rotatable bonds is 5. The standard InChI is InChI=1S/C33H42N2O2/c1-36-31-16-14-29(15-17-31)26-35-23-24-37-32-13-6-5-11-30(32)12-7-8-18-33(27-35)19-21-34(22-20-33)25-28-9-3-2-4-10-28/h2-6,9-11,13-17H,7-8,12,18-27H2,1H3. The number of fused-ring (bicyclic) bond motifs is 1. The fraction of sp³-hybridized carbons (Fsp3) is 0.455. The minimum absolute atomic E-state index is 0.373. The molecule has 0 N–H and O–H groups in total. The van der Waals surface area contributed by atoms with Gasteiger partial charge in [-0.2, -0.15) is 0 Å². The number of likely N-dealkylation sites (tertiary alicyclic amines) is 1. The maximum absolute atomic E-state index is 6.35. The smallest absolute Gasteiger partial charge is 0.122 e. The van der Waals surface area contributed by atoms with E-state index in [-0.39, 0.29) is 0 Å². The van der Waals surface area contributed by atoms with Gasteiger partial charge in [0.25, 0.3) is 0 Å². The van der Waals surface area contributed by atoms with E-state index in [0.29, 0.717) is 5.41 Å². The lowest BCUT2D eigenvalue weighted by molar-refractivity contribution is 0.0410. The highest BCUT2D eigenvalue weighted by Crippen LogP contribution is 2.39. The van der Waals surface area contributed by atoms with Crippen molar-refractivity contribution in [1.82, 2.24) is 9.80 Å². The van der Waals surface area contributed by atoms with Crippen molar-refractivity contribution in [3.05, 3.63) is 95.6 Å². The van der Waals surface area contributed by atoms with Crippen molar-refractivity contribution in [2.45, 2.75) is 51.6 Å². The molecule has 4 heteroatoms. The van der Waals surface area contributed by atoms with Crippen LogP contribution in [0.15, 0.2) is 78.9 Å². The molecule has 37 heavy (non-hydrogen) atoms. The molecule has 0 atom stereocenters. The van der Waals surface area contributed by atoms with Crippen LogP contribution in [0.2, 0.25) is 0 Å². The Morgan fingerprint density at radius 1 is 0.730 bits per heavy atom. The van der Waals surface area contributed by atoms with Crippen molar-refractivity contribution < 1.29 is 9.47 Å². The number of hydrogen-bond donors (Lipinski definition) is 0. The maximum atomic E-state index is 6.35. The van der Waals surface area contributed by atoms with Gasteiger partial charge in [-0.15, -0.1) is 0 Å². The fourth-order valence-electron chi connectivity index (χ4n) is 6.14. The van der Waals surface area contributed by atoms with Crippen molar-refractivity contribution >= 4 is 0 Å². The summed E-state index contributed by atoms with van der Waals surface area (Å²) in [5.74, 6) is 1.98. The van der Waals surface area contributed by atoms with E-state index in [4.69, 9.17) is 9.47 Å². The largest absolute Gasteiger partial charge is 0.497 e. The first-order valence-electron chi connectivity index (χ1n) is 14.0. The van der Waals surface area contributed by atoms with E-state index in [1.165, 1.54) is 61.9 Å². The van der Waals surface area contributed by atoms with Gasteiger partial charge in [-0.25, -0.2) is 0 Å². The summed E-state index contributed by atoms with van der Waals surface area (Å²) >= 11 is 0. The van der Waals surface area contributed by atoms with E-state index >= 15 is 0 Å². The second-order valence-corrected chi connectivity index (χ2v) is 11.0. The zero-order valence-electron chi connectivity index (χ0n) is 22.4. The van der Waals surface area contributed by atoms with Gasteiger partial charge in [0.2, 0.25) is 0 Å². The number of nitrogens with zero attached hydrogens (tertiary/aromatic N) is 2. The van der Waals surface area contributed by atoms with E-state index in [1.807, 2.05) is 0 Å². The third-order valence-electron chi connectivity index (χ3n) is 8.33. The van der Waals surface area contributed by atoms with Crippen LogP contribution in [0, 0.1) is 5.41 Å². The first-order valence-corrected chi connectivity index (χ1v) is 14.0. The molecule has 1 saturated heterocycles. The summed E-state index contributed by atoms with van der Waals surface area (Å²) in [4.78, 5) is 5.31. The molecular weight excluding hydrogens is 456 g/mol. The Balaban J connectivity index is 1.31. The predicted octanol–water partition coefficient (Wildman–Crippen LogP) is 6.59. The lowest BCUT2D eigenvalue weighted by Gasteiger charge is -2.45. The summed E-state index contributed by atoms with van der Waals surface area (Å²) in [6.07, 6.45) is 7.49. The first-order chi connectivity index (χ1) is 18.2. The number of ether oxygens (including phenoxy) is 2. The first kappa shape index (κ1) is 25.8. The second-order valence-electron chi connectivity index (χ2n) is 11.0. The molecule has 0 bridgehead atoms. The van der Waals surface area contributed by atoms with Crippen LogP contribution in [0.3, 0.4) is 0 Å². The summed E-state index contributed by atoms with van der Waals surface area (Å²) in [7, 11) is 1.73. The van der Waals surface area contributed by atoms with Gasteiger partial charge in [0.05, 0.1) is 7.11 Å². The monoisotopic (exact) mass is 498 g/mol. The Morgan fingerprint density at radius 2 is 1.43 bits per heavy atom. The molecule has 2 heterocycles. The molecule has 0 aliphatic carbocycles. The van der Waals surface area contributed by atoms with Crippen molar-refractivity contribution in [1.29, 1.82) is 0 Å². The Hall–Kier alpha value is -2.82. The molecule has 2 aliphatic heterocycles. The van der Waals surface area contributed by atoms with E-state index in [9.17, 15) is 0 Å². The molecule has 5 rings (SSSR count). The van der Waals surface area contributed by atoms with Gasteiger partial charge in [-0.05, 0) is 85.5 Å². The number of methoxy groups -OCH3 is 1. The Morgan fingerprint density at radius 3 is 2.22 bits per heavy atom. The number of hydrogen-bond acceptors (Lipinski definition) is 4. The molecule has 1 spiro atoms. The van der Waals surface area contributed by atoms with E-state index in [2.05, 4.69) is 88.7 Å². The molecule has 3 aromatic rings. The number of piperidine rings is 1. The lowest BCUT2D eigenvalue weighted by Crippen LogP contribution is -2.46. The van der Waals surface area contributed by atoms with Crippen LogP contribution in [0.4, 0.5) is 0 Å². The van der Waals surface area contributed by atoms with Crippen LogP contribution in [-0.4, -0.2) is 49.7 Å². The molecule has 3 aromatic carbocycles. The van der Waals surface area contributed by atoms with Crippen molar-refractivity contribution in [2.75, 3.05) is 39.9 Å². The molecule has 0 unspecified atom stereocenters. The number of benzene rings is 3. The summed E-state index contributed by atoms with van der Waals surface area (Å²) in [6.45, 7) is 7.19. The second kappa shape index (κ2) is 12.6. The van der Waals surface area contributed by atoms with Crippen LogP contribution in [0.1, 0.15) is 48.8 Å². The molecule has 4 nitrogen and oxygen atoms in total. The molecule has 0 radical (unpaired) electrons. The van der Waals surface area contributed by atoms with E-state index < -0.39 is 0 Å². The van der Waals surface area contributed by atoms with Gasteiger partial charge in [-0.3, -0.25) is 9.80 Å². The summed E-state index contributed by atoms with van der Waals surface area (Å²) in [5.41, 5.74) is 4.49. The molecule has 2 aliphatic rings. The summed E-state index contributed by atoms with van der Waals surface area (Å²) in [5, 5.41) is 0. The van der Waals surface area contributed by atoms with Crippen molar-refractivity contribution in [2.24, 2.45) is 5.41 Å². The highest BCUT2D eigenvalue weighted by atomic mass is 16.5. The van der Waals surface area contributed by atoms with Gasteiger partial charge in [-0.1, -0.05) is 67.1 Å². The zero-order chi connectivity index (χ0) is 25.3. The Bertz CT molecular complexity index is 1090. The zero-order valence-corrected chi connectivity index (χ0v) is 22.4. The van der Waals surface area contributed by atoms with Crippen LogP contribution < -0.4 is 9.47 Å². The topological polar surface area (TPSA) is 24.9 Å². The Kier molecular flexibility index (Phi) is 8.80. The highest BCUT2D eigenvalue weighted by molar-refractivity contribution is 5.33. The summed E-state index contributed by atoms with van der Waals surface area (Å²) < 4.78 is 11.7. The van der Waals surface area contributed by atoms with Crippen LogP contribution in [-0.2, 0) is 19.5 Å². The van der Waals surface area contributed by atoms with Gasteiger partial charge < -0.3 is 9.47 Å². The lowest BCUT2D eigenvalue weighted by atomic mass is 9.73. The van der Waals surface area contributed by atoms with Crippen LogP contribution >= 0.6 is 0 Å². The van der Waals surface area contributed by atoms with E-state index in [1.54, 1.807) is 7.11 Å². The summed E-state index contributed by atoms with van der Waals surface area (Å²) in [6, 6.07) is 28.1. The normalized spacial score (nSPS) is 19.3. The van der Waals surface area contributed by atoms with Crippen LogP contribution in [0.5, 0.6) is 11.5 Å². The Labute approximate surface area is 223 Å². The minimum atomic E-state index is 0.373. The fourth-order valence-corrected chi connectivity index (χ4v) is 6.14. The van der Waals surface area contributed by atoms with Gasteiger partial charge >= 0.3 is 0 Å². The molecule has 196 valence electrons. The molecule has 0 aromatic heterocycles. The molecule has 0 saturated carbocycles. The SMILES string of the molecule is COc1ccc(CN2CCOc3ccccc3CCCCC3(CCN(Cc4ccccc4)CC3)C2)cc1. The van der Waals surface area contributed by atoms with Crippen molar-refractivity contribution in [3.8, 4) is 11.5 Å². The average molecular weight is 499 g/mol. The average Bonchev–Trinajstić information content (AvgIpc) is 2.93. The molecule has 0 amide bonds. The number of para-hydroxylation sites is 1. The quantitative estimate of drug-likeness (QED) is 0.396. The van der Waals surface area contributed by atoms with Gasteiger partial charge in [0, 0.05) is 26.2 Å². The number of aryl methyl sites for hydroxylation is 1. The maximum Gasteiger partial charge on any atom is 0.122 e. The van der Waals surface area contributed by atoms with Gasteiger partial charge in [0.1, 0.15) is 18.1 Å². The molecule has 1 fully saturated rings. The third kappa shape index (κ3) is 7.15. The third-order valence-corrected chi connectivity index (χ3v) is 8.33. The van der Waals surface area contributed by atoms with E-state index in [0.717, 1.165) is 50.7 Å². The van der Waals surface area contributed by atoms with Crippen LogP contribution in [0.25, 0.3) is 0 Å². The minimum Gasteiger partial charge on any atom is -0.497 e. The molecular formula is C33H42N2O2.